The number of aliphatic imine (C=N–C) groups is 1. The van der Waals surface area contributed by atoms with E-state index in [1.165, 1.54) is 16.0 Å². The van der Waals surface area contributed by atoms with E-state index in [9.17, 15) is 0 Å². The van der Waals surface area contributed by atoms with E-state index in [1.54, 1.807) is 0 Å². The molecule has 1 aliphatic rings. The third-order valence-corrected chi connectivity index (χ3v) is 4.97. The lowest BCUT2D eigenvalue weighted by atomic mass is 10.1. The van der Waals surface area contributed by atoms with Gasteiger partial charge in [0, 0.05) is 27.1 Å². The van der Waals surface area contributed by atoms with Crippen LogP contribution in [0.25, 0.3) is 0 Å². The number of fused-ring (bicyclic) bond motifs is 1. The number of aryl methyl sites for hydroxylation is 1. The second-order valence-electron chi connectivity index (χ2n) is 5.25. The first kappa shape index (κ1) is 16.1. The molecule has 0 radical (unpaired) electrons. The van der Waals surface area contributed by atoms with E-state index in [-0.39, 0.29) is 5.96 Å². The second-order valence-corrected chi connectivity index (χ2v) is 7.30. The SMILES string of the molecule is Cc1ccc2c(c1)/C(=N/NC(N)=Nc1cccc(Br)c1)CCS2. The van der Waals surface area contributed by atoms with Crippen LogP contribution >= 0.6 is 27.7 Å². The van der Waals surface area contributed by atoms with Crippen molar-refractivity contribution in [3.63, 3.8) is 0 Å². The van der Waals surface area contributed by atoms with Gasteiger partial charge in [-0.1, -0.05) is 33.6 Å². The Labute approximate surface area is 148 Å². The van der Waals surface area contributed by atoms with Crippen LogP contribution in [-0.4, -0.2) is 17.4 Å². The monoisotopic (exact) mass is 388 g/mol. The van der Waals surface area contributed by atoms with Gasteiger partial charge < -0.3 is 5.73 Å². The molecule has 4 nitrogen and oxygen atoms in total. The number of hydrogen-bond donors (Lipinski definition) is 2. The largest absolute Gasteiger partial charge is 0.368 e. The molecular formula is C17H17BrN4S. The summed E-state index contributed by atoms with van der Waals surface area (Å²) in [5.74, 6) is 1.31. The maximum absolute atomic E-state index is 5.93. The van der Waals surface area contributed by atoms with E-state index in [4.69, 9.17) is 5.73 Å². The van der Waals surface area contributed by atoms with Crippen molar-refractivity contribution in [1.82, 2.24) is 5.43 Å². The van der Waals surface area contributed by atoms with Gasteiger partial charge in [-0.3, -0.25) is 0 Å². The molecule has 1 heterocycles. The van der Waals surface area contributed by atoms with Crippen LogP contribution in [0.5, 0.6) is 0 Å². The summed E-state index contributed by atoms with van der Waals surface area (Å²) in [6, 6.07) is 14.1. The number of hydrogen-bond acceptors (Lipinski definition) is 3. The maximum atomic E-state index is 5.93. The summed E-state index contributed by atoms with van der Waals surface area (Å²) in [5, 5.41) is 4.47. The standard InChI is InChI=1S/C17H17BrN4S/c1-11-5-6-16-14(9-11)15(7-8-23-16)21-22-17(19)20-13-4-2-3-12(18)10-13/h2-6,9-10H,7-8H2,1H3,(H3,19,20,22)/b21-15+. The Kier molecular flexibility index (Phi) is 5.03. The predicted molar refractivity (Wildman–Crippen MR) is 102 cm³/mol. The minimum Gasteiger partial charge on any atom is -0.368 e. The number of nitrogens with two attached hydrogens (primary N) is 1. The molecule has 3 N–H and O–H groups in total. The third-order valence-electron chi connectivity index (χ3n) is 3.41. The number of hydrazone groups is 1. The van der Waals surface area contributed by atoms with Crippen molar-refractivity contribution in [2.75, 3.05) is 5.75 Å². The van der Waals surface area contributed by atoms with Gasteiger partial charge in [-0.25, -0.2) is 10.4 Å². The van der Waals surface area contributed by atoms with Crippen LogP contribution < -0.4 is 11.2 Å². The van der Waals surface area contributed by atoms with Crippen LogP contribution in [0.2, 0.25) is 0 Å². The number of guanidine groups is 1. The quantitative estimate of drug-likeness (QED) is 0.460. The van der Waals surface area contributed by atoms with Gasteiger partial charge in [-0.15, -0.1) is 11.8 Å². The number of nitrogens with one attached hydrogen (secondary N) is 1. The van der Waals surface area contributed by atoms with Crippen LogP contribution in [-0.2, 0) is 0 Å². The molecule has 0 amide bonds. The Morgan fingerprint density at radius 2 is 2.13 bits per heavy atom. The molecule has 0 unspecified atom stereocenters. The van der Waals surface area contributed by atoms with Gasteiger partial charge in [0.2, 0.25) is 5.96 Å². The summed E-state index contributed by atoms with van der Waals surface area (Å²) in [5.41, 5.74) is 13.0. The number of rotatable bonds is 2. The zero-order valence-electron chi connectivity index (χ0n) is 12.7. The van der Waals surface area contributed by atoms with Crippen molar-refractivity contribution < 1.29 is 0 Å². The van der Waals surface area contributed by atoms with Gasteiger partial charge in [0.1, 0.15) is 0 Å². The van der Waals surface area contributed by atoms with Crippen LogP contribution in [0.4, 0.5) is 5.69 Å². The van der Waals surface area contributed by atoms with Crippen molar-refractivity contribution >= 4 is 45.1 Å². The average Bonchev–Trinajstić information content (AvgIpc) is 2.53. The average molecular weight is 389 g/mol. The van der Waals surface area contributed by atoms with E-state index in [1.807, 2.05) is 36.0 Å². The molecule has 0 aromatic heterocycles. The van der Waals surface area contributed by atoms with Gasteiger partial charge in [0.15, 0.2) is 0 Å². The minimum atomic E-state index is 0.281. The number of halogens is 1. The highest BCUT2D eigenvalue weighted by atomic mass is 79.9. The predicted octanol–water partition coefficient (Wildman–Crippen LogP) is 4.19. The number of nitrogens with zero attached hydrogens (tertiary/aromatic N) is 2. The molecular weight excluding hydrogens is 372 g/mol. The highest BCUT2D eigenvalue weighted by Crippen LogP contribution is 2.30. The lowest BCUT2D eigenvalue weighted by Gasteiger charge is -2.17. The Morgan fingerprint density at radius 1 is 1.26 bits per heavy atom. The van der Waals surface area contributed by atoms with E-state index < -0.39 is 0 Å². The lowest BCUT2D eigenvalue weighted by molar-refractivity contribution is 0.986. The maximum Gasteiger partial charge on any atom is 0.214 e. The summed E-state index contributed by atoms with van der Waals surface area (Å²) >= 11 is 5.28. The van der Waals surface area contributed by atoms with Gasteiger partial charge >= 0.3 is 0 Å². The van der Waals surface area contributed by atoms with Gasteiger partial charge in [-0.2, -0.15) is 5.10 Å². The minimum absolute atomic E-state index is 0.281. The molecule has 0 aliphatic carbocycles. The summed E-state index contributed by atoms with van der Waals surface area (Å²) < 4.78 is 0.964. The van der Waals surface area contributed by atoms with E-state index in [2.05, 4.69) is 56.6 Å². The molecule has 0 saturated heterocycles. The first-order chi connectivity index (χ1) is 11.1. The van der Waals surface area contributed by atoms with Crippen molar-refractivity contribution in [2.24, 2.45) is 15.8 Å². The fraction of sp³-hybridized carbons (Fsp3) is 0.176. The molecule has 2 aromatic rings. The van der Waals surface area contributed by atoms with Gasteiger partial charge in [0.05, 0.1) is 11.4 Å². The zero-order valence-corrected chi connectivity index (χ0v) is 15.1. The molecule has 0 saturated carbocycles. The van der Waals surface area contributed by atoms with E-state index in [0.29, 0.717) is 0 Å². The van der Waals surface area contributed by atoms with Gasteiger partial charge in [0.25, 0.3) is 0 Å². The van der Waals surface area contributed by atoms with Crippen LogP contribution in [0, 0.1) is 6.92 Å². The highest BCUT2D eigenvalue weighted by Gasteiger charge is 2.16. The van der Waals surface area contributed by atoms with Crippen LogP contribution in [0.3, 0.4) is 0 Å². The lowest BCUT2D eigenvalue weighted by Crippen LogP contribution is -2.28. The molecule has 23 heavy (non-hydrogen) atoms. The fourth-order valence-electron chi connectivity index (χ4n) is 2.34. The molecule has 1 aliphatic heterocycles. The third kappa shape index (κ3) is 4.14. The fourth-order valence-corrected chi connectivity index (χ4v) is 3.74. The Balaban J connectivity index is 1.80. The molecule has 0 atom stereocenters. The smallest absolute Gasteiger partial charge is 0.214 e. The Bertz CT molecular complexity index is 786. The summed E-state index contributed by atoms with van der Waals surface area (Å²) in [6.45, 7) is 2.09. The summed E-state index contributed by atoms with van der Waals surface area (Å²) in [6.07, 6.45) is 0.915. The first-order valence-corrected chi connectivity index (χ1v) is 9.06. The summed E-state index contributed by atoms with van der Waals surface area (Å²) in [4.78, 5) is 5.59. The molecule has 0 fully saturated rings. The summed E-state index contributed by atoms with van der Waals surface area (Å²) in [7, 11) is 0. The second kappa shape index (κ2) is 7.19. The van der Waals surface area contributed by atoms with Crippen LogP contribution in [0.15, 0.2) is 61.9 Å². The number of benzene rings is 2. The number of thioether (sulfide) groups is 1. The molecule has 118 valence electrons. The Morgan fingerprint density at radius 3 is 2.96 bits per heavy atom. The first-order valence-electron chi connectivity index (χ1n) is 7.28. The van der Waals surface area contributed by atoms with Crippen molar-refractivity contribution in [1.29, 1.82) is 0 Å². The Hall–Kier alpha value is -1.79. The normalized spacial score (nSPS) is 16.3. The van der Waals surface area contributed by atoms with E-state index in [0.717, 1.165) is 28.0 Å². The van der Waals surface area contributed by atoms with Crippen molar-refractivity contribution in [3.8, 4) is 0 Å². The molecule has 0 bridgehead atoms. The van der Waals surface area contributed by atoms with Crippen LogP contribution in [0.1, 0.15) is 17.5 Å². The van der Waals surface area contributed by atoms with Crippen molar-refractivity contribution in [3.05, 3.63) is 58.1 Å². The molecule has 6 heteroatoms. The molecule has 0 spiro atoms. The highest BCUT2D eigenvalue weighted by molar-refractivity contribution is 9.10. The van der Waals surface area contributed by atoms with Gasteiger partial charge in [-0.05, 0) is 37.3 Å². The molecule has 3 rings (SSSR count). The van der Waals surface area contributed by atoms with E-state index >= 15 is 0 Å². The molecule has 2 aromatic carbocycles. The zero-order chi connectivity index (χ0) is 16.2. The topological polar surface area (TPSA) is 62.8 Å². The van der Waals surface area contributed by atoms with Crippen molar-refractivity contribution in [2.45, 2.75) is 18.2 Å².